The van der Waals surface area contributed by atoms with Crippen molar-refractivity contribution < 1.29 is 9.90 Å². The lowest BCUT2D eigenvalue weighted by atomic mass is 9.94. The summed E-state index contributed by atoms with van der Waals surface area (Å²) in [6.07, 6.45) is 2.05. The Morgan fingerprint density at radius 1 is 1.54 bits per heavy atom. The number of hydrogen-bond acceptors (Lipinski definition) is 6. The molecule has 1 saturated heterocycles. The van der Waals surface area contributed by atoms with E-state index in [-0.39, 0.29) is 18.1 Å². The van der Waals surface area contributed by atoms with Gasteiger partial charge in [0.05, 0.1) is 34.1 Å². The molecule has 0 bridgehead atoms. The average Bonchev–Trinajstić information content (AvgIpc) is 3.32. The van der Waals surface area contributed by atoms with Gasteiger partial charge in [-0.2, -0.15) is 9.78 Å². The molecule has 0 radical (unpaired) electrons. The molecule has 142 valence electrons. The predicted octanol–water partition coefficient (Wildman–Crippen LogP) is 3.47. The van der Waals surface area contributed by atoms with E-state index in [1.807, 2.05) is 18.2 Å². The van der Waals surface area contributed by atoms with Crippen LogP contribution in [0.2, 0.25) is 4.34 Å². The average molecular weight is 397 g/mol. The first-order chi connectivity index (χ1) is 12.2. The molecule has 8 heteroatoms. The molecule has 3 rings (SSSR count). The molecule has 0 saturated carbocycles. The SMILES string of the molecule is CC(C)(CO)C(=O)n1nc(C2(C)CCCN2)cc1NCc1ccc(Cl)s1. The summed E-state index contributed by atoms with van der Waals surface area (Å²) in [5.74, 6) is 0.394. The molecule has 2 aromatic heterocycles. The molecule has 26 heavy (non-hydrogen) atoms. The standard InChI is InChI=1S/C18H25ClN4O2S/c1-17(2,11-24)16(25)23-15(20-10-12-5-6-14(19)26-12)9-13(22-23)18(3)7-4-8-21-18/h5-6,9,20-21,24H,4,7-8,10-11H2,1-3H3. The molecule has 2 aromatic rings. The summed E-state index contributed by atoms with van der Waals surface area (Å²) < 4.78 is 2.13. The summed E-state index contributed by atoms with van der Waals surface area (Å²) in [5, 5.41) is 21.0. The highest BCUT2D eigenvalue weighted by Gasteiger charge is 2.36. The number of aliphatic hydroxyl groups is 1. The van der Waals surface area contributed by atoms with Crippen molar-refractivity contribution in [2.45, 2.75) is 45.7 Å². The number of nitrogens with one attached hydrogen (secondary N) is 2. The van der Waals surface area contributed by atoms with Crippen molar-refractivity contribution in [1.29, 1.82) is 0 Å². The Morgan fingerprint density at radius 2 is 2.31 bits per heavy atom. The summed E-state index contributed by atoms with van der Waals surface area (Å²) in [7, 11) is 0. The van der Waals surface area contributed by atoms with E-state index in [0.717, 1.165) is 34.3 Å². The Labute approximate surface area is 162 Å². The minimum Gasteiger partial charge on any atom is -0.395 e. The number of aliphatic hydroxyl groups excluding tert-OH is 1. The highest BCUT2D eigenvalue weighted by Crippen LogP contribution is 2.32. The Balaban J connectivity index is 1.91. The summed E-state index contributed by atoms with van der Waals surface area (Å²) in [6, 6.07) is 5.75. The predicted molar refractivity (Wildman–Crippen MR) is 105 cm³/mol. The van der Waals surface area contributed by atoms with Gasteiger partial charge in [0.2, 0.25) is 0 Å². The minimum atomic E-state index is -0.907. The van der Waals surface area contributed by atoms with Gasteiger partial charge in [0.25, 0.3) is 5.91 Å². The second-order valence-corrected chi connectivity index (χ2v) is 9.40. The third kappa shape index (κ3) is 3.81. The van der Waals surface area contributed by atoms with Gasteiger partial charge in [-0.3, -0.25) is 4.79 Å². The van der Waals surface area contributed by atoms with Crippen LogP contribution in [-0.2, 0) is 12.1 Å². The van der Waals surface area contributed by atoms with Gasteiger partial charge in [-0.05, 0) is 52.3 Å². The minimum absolute atomic E-state index is 0.237. The lowest BCUT2D eigenvalue weighted by molar-refractivity contribution is 0.0615. The highest BCUT2D eigenvalue weighted by atomic mass is 35.5. The molecule has 0 aromatic carbocycles. The molecule has 1 aliphatic heterocycles. The zero-order valence-corrected chi connectivity index (χ0v) is 16.9. The van der Waals surface area contributed by atoms with Crippen molar-refractivity contribution in [2.75, 3.05) is 18.5 Å². The van der Waals surface area contributed by atoms with E-state index in [4.69, 9.17) is 11.6 Å². The number of thiophene rings is 1. The van der Waals surface area contributed by atoms with Crippen LogP contribution in [0, 0.1) is 5.41 Å². The molecular weight excluding hydrogens is 372 g/mol. The van der Waals surface area contributed by atoms with Gasteiger partial charge in [0.15, 0.2) is 0 Å². The van der Waals surface area contributed by atoms with Gasteiger partial charge in [-0.1, -0.05) is 11.6 Å². The first-order valence-corrected chi connectivity index (χ1v) is 9.94. The maximum atomic E-state index is 12.9. The molecule has 1 fully saturated rings. The van der Waals surface area contributed by atoms with E-state index in [2.05, 4.69) is 22.7 Å². The molecule has 1 unspecified atom stereocenters. The van der Waals surface area contributed by atoms with Crippen LogP contribution in [0.1, 0.15) is 49.0 Å². The van der Waals surface area contributed by atoms with Crippen LogP contribution in [-0.4, -0.2) is 33.9 Å². The van der Waals surface area contributed by atoms with Gasteiger partial charge in [-0.15, -0.1) is 11.3 Å². The summed E-state index contributed by atoms with van der Waals surface area (Å²) in [4.78, 5) is 14.0. The fourth-order valence-corrected chi connectivity index (χ4v) is 4.05. The van der Waals surface area contributed by atoms with E-state index in [9.17, 15) is 9.90 Å². The van der Waals surface area contributed by atoms with Crippen LogP contribution in [0.3, 0.4) is 0 Å². The van der Waals surface area contributed by atoms with Gasteiger partial charge in [-0.25, -0.2) is 0 Å². The number of carbonyl (C=O) groups excluding carboxylic acids is 1. The maximum absolute atomic E-state index is 12.9. The summed E-state index contributed by atoms with van der Waals surface area (Å²) in [5.41, 5.74) is -0.308. The second-order valence-electron chi connectivity index (χ2n) is 7.60. The monoisotopic (exact) mass is 396 g/mol. The third-order valence-corrected chi connectivity index (χ3v) is 6.11. The van der Waals surface area contributed by atoms with Crippen molar-refractivity contribution in [3.8, 4) is 0 Å². The molecule has 3 N–H and O–H groups in total. The Morgan fingerprint density at radius 3 is 2.88 bits per heavy atom. The number of aromatic nitrogens is 2. The van der Waals surface area contributed by atoms with Crippen molar-refractivity contribution in [1.82, 2.24) is 15.1 Å². The Hall–Kier alpha value is -1.41. The Bertz CT molecular complexity index is 793. The van der Waals surface area contributed by atoms with E-state index < -0.39 is 5.41 Å². The van der Waals surface area contributed by atoms with Crippen LogP contribution < -0.4 is 10.6 Å². The molecule has 3 heterocycles. The van der Waals surface area contributed by atoms with Crippen LogP contribution in [0.15, 0.2) is 18.2 Å². The summed E-state index contributed by atoms with van der Waals surface area (Å²) >= 11 is 7.49. The second kappa shape index (κ2) is 7.31. The first kappa shape index (κ1) is 19.4. The lowest BCUT2D eigenvalue weighted by Gasteiger charge is -2.22. The number of anilines is 1. The highest BCUT2D eigenvalue weighted by molar-refractivity contribution is 7.16. The number of carbonyl (C=O) groups is 1. The smallest absolute Gasteiger partial charge is 0.256 e. The molecule has 1 aliphatic rings. The number of halogens is 1. The number of hydrogen-bond donors (Lipinski definition) is 3. The van der Waals surface area contributed by atoms with Crippen molar-refractivity contribution in [3.05, 3.63) is 33.1 Å². The van der Waals surface area contributed by atoms with Crippen LogP contribution >= 0.6 is 22.9 Å². The fraction of sp³-hybridized carbons (Fsp3) is 0.556. The van der Waals surface area contributed by atoms with Gasteiger partial charge < -0.3 is 15.7 Å². The zero-order chi connectivity index (χ0) is 18.9. The molecule has 0 amide bonds. The van der Waals surface area contributed by atoms with Gasteiger partial charge in [0, 0.05) is 10.9 Å². The quantitative estimate of drug-likeness (QED) is 0.696. The maximum Gasteiger partial charge on any atom is 0.256 e. The zero-order valence-electron chi connectivity index (χ0n) is 15.3. The van der Waals surface area contributed by atoms with E-state index in [0.29, 0.717) is 12.4 Å². The topological polar surface area (TPSA) is 79.2 Å². The Kier molecular flexibility index (Phi) is 5.44. The molecule has 0 spiro atoms. The molecule has 1 atom stereocenters. The van der Waals surface area contributed by atoms with E-state index in [1.165, 1.54) is 16.0 Å². The van der Waals surface area contributed by atoms with E-state index in [1.54, 1.807) is 13.8 Å². The molecular formula is C18H25ClN4O2S. The van der Waals surface area contributed by atoms with Crippen LogP contribution in [0.5, 0.6) is 0 Å². The van der Waals surface area contributed by atoms with Crippen LogP contribution in [0.4, 0.5) is 5.82 Å². The lowest BCUT2D eigenvalue weighted by Crippen LogP contribution is -2.36. The van der Waals surface area contributed by atoms with E-state index >= 15 is 0 Å². The van der Waals surface area contributed by atoms with Crippen molar-refractivity contribution >= 4 is 34.7 Å². The largest absolute Gasteiger partial charge is 0.395 e. The first-order valence-electron chi connectivity index (χ1n) is 8.74. The third-order valence-electron chi connectivity index (χ3n) is 4.88. The van der Waals surface area contributed by atoms with Crippen molar-refractivity contribution in [3.63, 3.8) is 0 Å². The van der Waals surface area contributed by atoms with Gasteiger partial charge in [0.1, 0.15) is 5.82 Å². The van der Waals surface area contributed by atoms with Gasteiger partial charge >= 0.3 is 0 Å². The fourth-order valence-electron chi connectivity index (χ4n) is 3.02. The van der Waals surface area contributed by atoms with Crippen LogP contribution in [0.25, 0.3) is 0 Å². The molecule has 0 aliphatic carbocycles. The number of rotatable bonds is 6. The normalized spacial score (nSPS) is 20.5. The molecule has 6 nitrogen and oxygen atoms in total. The summed E-state index contributed by atoms with van der Waals surface area (Å²) in [6.45, 7) is 6.80. The number of nitrogens with zero attached hydrogens (tertiary/aromatic N) is 2. The van der Waals surface area contributed by atoms with Crippen molar-refractivity contribution in [2.24, 2.45) is 5.41 Å².